The Morgan fingerprint density at radius 1 is 1.55 bits per heavy atom. The van der Waals surface area contributed by atoms with Crippen LogP contribution in [0.4, 0.5) is 11.4 Å². The van der Waals surface area contributed by atoms with E-state index in [0.29, 0.717) is 18.9 Å². The molecule has 1 amide bonds. The van der Waals surface area contributed by atoms with E-state index in [1.807, 2.05) is 0 Å². The van der Waals surface area contributed by atoms with Crippen molar-refractivity contribution in [3.05, 3.63) is 33.9 Å². The third-order valence-corrected chi connectivity index (χ3v) is 3.49. The van der Waals surface area contributed by atoms with Gasteiger partial charge in [0.25, 0.3) is 11.6 Å². The Kier molecular flexibility index (Phi) is 4.19. The molecule has 1 aromatic carbocycles. The van der Waals surface area contributed by atoms with E-state index in [-0.39, 0.29) is 23.2 Å². The number of nitro groups is 1. The molecule has 7 heteroatoms. The topological polar surface area (TPSA) is 84.7 Å². The zero-order valence-electron chi connectivity index (χ0n) is 11.5. The molecule has 108 valence electrons. The molecule has 2 rings (SSSR count). The van der Waals surface area contributed by atoms with Crippen LogP contribution in [-0.2, 0) is 4.74 Å². The normalized spacial score (nSPS) is 17.8. The van der Waals surface area contributed by atoms with Crippen LogP contribution in [0.25, 0.3) is 0 Å². The molecular formula is C13H17N3O4. The summed E-state index contributed by atoms with van der Waals surface area (Å²) in [6.07, 6.45) is 0.752. The maximum Gasteiger partial charge on any atom is 0.282 e. The molecule has 1 fully saturated rings. The molecule has 1 aliphatic rings. The van der Waals surface area contributed by atoms with Crippen molar-refractivity contribution in [2.75, 3.05) is 32.6 Å². The lowest BCUT2D eigenvalue weighted by atomic mass is 10.1. The van der Waals surface area contributed by atoms with Crippen molar-refractivity contribution in [1.29, 1.82) is 0 Å². The quantitative estimate of drug-likeness (QED) is 0.667. The van der Waals surface area contributed by atoms with Gasteiger partial charge in [0.2, 0.25) is 0 Å². The Labute approximate surface area is 116 Å². The maximum atomic E-state index is 12.5. The fourth-order valence-electron chi connectivity index (χ4n) is 2.21. The third-order valence-electron chi connectivity index (χ3n) is 3.49. The van der Waals surface area contributed by atoms with Crippen LogP contribution in [0.1, 0.15) is 16.8 Å². The molecule has 1 N–H and O–H groups in total. The Balaban J connectivity index is 2.33. The number of likely N-dealkylation sites (N-methyl/N-ethyl adjacent to an activating group) is 1. The zero-order chi connectivity index (χ0) is 14.7. The molecule has 1 unspecified atom stereocenters. The fourth-order valence-corrected chi connectivity index (χ4v) is 2.21. The zero-order valence-corrected chi connectivity index (χ0v) is 11.5. The summed E-state index contributed by atoms with van der Waals surface area (Å²) in [5.41, 5.74) is 0.575. The average molecular weight is 279 g/mol. The number of nitrogens with one attached hydrogen (secondary N) is 1. The first-order valence-corrected chi connectivity index (χ1v) is 6.35. The number of nitro benzene ring substituents is 1. The van der Waals surface area contributed by atoms with Crippen molar-refractivity contribution < 1.29 is 14.5 Å². The lowest BCUT2D eigenvalue weighted by Gasteiger charge is -2.23. The Morgan fingerprint density at radius 3 is 2.85 bits per heavy atom. The van der Waals surface area contributed by atoms with Crippen LogP contribution < -0.4 is 5.32 Å². The first-order valence-electron chi connectivity index (χ1n) is 6.35. The van der Waals surface area contributed by atoms with Gasteiger partial charge in [0, 0.05) is 32.5 Å². The van der Waals surface area contributed by atoms with Gasteiger partial charge in [-0.05, 0) is 18.6 Å². The van der Waals surface area contributed by atoms with Crippen LogP contribution in [0.15, 0.2) is 18.2 Å². The minimum Gasteiger partial charge on any atom is -0.388 e. The second-order valence-electron chi connectivity index (χ2n) is 4.67. The van der Waals surface area contributed by atoms with Gasteiger partial charge in [0.1, 0.15) is 5.56 Å². The Hall–Kier alpha value is -2.15. The summed E-state index contributed by atoms with van der Waals surface area (Å²) in [5, 5.41) is 13.9. The number of carbonyl (C=O) groups excluding carboxylic acids is 1. The van der Waals surface area contributed by atoms with Gasteiger partial charge < -0.3 is 15.0 Å². The van der Waals surface area contributed by atoms with Gasteiger partial charge in [-0.1, -0.05) is 0 Å². The maximum absolute atomic E-state index is 12.5. The summed E-state index contributed by atoms with van der Waals surface area (Å²) in [6, 6.07) is 4.40. The standard InChI is InChI=1S/C13H17N3O4/c1-14-9-3-4-12(16(18)19)11(7-9)13(17)15(2)10-5-6-20-8-10/h3-4,7,10,14H,5-6,8H2,1-2H3. The molecule has 7 nitrogen and oxygen atoms in total. The highest BCUT2D eigenvalue weighted by molar-refractivity contribution is 5.99. The van der Waals surface area contributed by atoms with E-state index in [1.165, 1.54) is 17.0 Å². The molecule has 1 aliphatic heterocycles. The monoisotopic (exact) mass is 279 g/mol. The molecule has 1 heterocycles. The number of ether oxygens (including phenoxy) is 1. The number of carbonyl (C=O) groups is 1. The number of hydrogen-bond donors (Lipinski definition) is 1. The minimum absolute atomic E-state index is 0.0275. The summed E-state index contributed by atoms with van der Waals surface area (Å²) >= 11 is 0. The first kappa shape index (κ1) is 14.3. The van der Waals surface area contributed by atoms with Crippen molar-refractivity contribution in [3.8, 4) is 0 Å². The number of benzene rings is 1. The summed E-state index contributed by atoms with van der Waals surface area (Å²) in [6.45, 7) is 1.09. The highest BCUT2D eigenvalue weighted by atomic mass is 16.6. The van der Waals surface area contributed by atoms with Crippen LogP contribution in [0.3, 0.4) is 0 Å². The van der Waals surface area contributed by atoms with Crippen molar-refractivity contribution in [2.45, 2.75) is 12.5 Å². The van der Waals surface area contributed by atoms with Gasteiger partial charge in [-0.15, -0.1) is 0 Å². The van der Waals surface area contributed by atoms with Crippen molar-refractivity contribution in [1.82, 2.24) is 4.90 Å². The van der Waals surface area contributed by atoms with Crippen LogP contribution >= 0.6 is 0 Å². The molecule has 20 heavy (non-hydrogen) atoms. The van der Waals surface area contributed by atoms with Crippen LogP contribution in [-0.4, -0.2) is 49.1 Å². The van der Waals surface area contributed by atoms with E-state index in [1.54, 1.807) is 20.2 Å². The van der Waals surface area contributed by atoms with E-state index in [9.17, 15) is 14.9 Å². The lowest BCUT2D eigenvalue weighted by Crippen LogP contribution is -2.37. The second kappa shape index (κ2) is 5.87. The van der Waals surface area contributed by atoms with Gasteiger partial charge in [-0.3, -0.25) is 14.9 Å². The van der Waals surface area contributed by atoms with Crippen molar-refractivity contribution in [3.63, 3.8) is 0 Å². The molecule has 0 spiro atoms. The molecule has 0 aliphatic carbocycles. The summed E-state index contributed by atoms with van der Waals surface area (Å²) in [7, 11) is 3.35. The number of anilines is 1. The predicted molar refractivity (Wildman–Crippen MR) is 74.0 cm³/mol. The lowest BCUT2D eigenvalue weighted by molar-refractivity contribution is -0.385. The average Bonchev–Trinajstić information content (AvgIpc) is 2.99. The number of hydrogen-bond acceptors (Lipinski definition) is 5. The van der Waals surface area contributed by atoms with Gasteiger partial charge in [0.05, 0.1) is 17.6 Å². The molecule has 1 aromatic rings. The van der Waals surface area contributed by atoms with E-state index in [2.05, 4.69) is 5.32 Å². The highest BCUT2D eigenvalue weighted by Gasteiger charge is 2.29. The summed E-state index contributed by atoms with van der Waals surface area (Å²) in [5.74, 6) is -0.357. The number of amides is 1. The minimum atomic E-state index is -0.536. The third kappa shape index (κ3) is 2.72. The Bertz CT molecular complexity index is 526. The van der Waals surface area contributed by atoms with E-state index >= 15 is 0 Å². The number of rotatable bonds is 4. The SMILES string of the molecule is CNc1ccc([N+](=O)[O-])c(C(=O)N(C)C2CCOC2)c1. The van der Waals surface area contributed by atoms with Gasteiger partial charge in [-0.2, -0.15) is 0 Å². The molecule has 0 radical (unpaired) electrons. The Morgan fingerprint density at radius 2 is 2.30 bits per heavy atom. The smallest absolute Gasteiger partial charge is 0.282 e. The molecular weight excluding hydrogens is 262 g/mol. The fraction of sp³-hybridized carbons (Fsp3) is 0.462. The van der Waals surface area contributed by atoms with E-state index in [0.717, 1.165) is 6.42 Å². The van der Waals surface area contributed by atoms with Crippen LogP contribution in [0.2, 0.25) is 0 Å². The van der Waals surface area contributed by atoms with Crippen molar-refractivity contribution in [2.24, 2.45) is 0 Å². The van der Waals surface area contributed by atoms with Gasteiger partial charge in [0.15, 0.2) is 0 Å². The molecule has 1 atom stereocenters. The van der Waals surface area contributed by atoms with Crippen LogP contribution in [0.5, 0.6) is 0 Å². The van der Waals surface area contributed by atoms with E-state index < -0.39 is 4.92 Å². The van der Waals surface area contributed by atoms with Crippen LogP contribution in [0, 0.1) is 10.1 Å². The largest absolute Gasteiger partial charge is 0.388 e. The van der Waals surface area contributed by atoms with E-state index in [4.69, 9.17) is 4.74 Å². The highest BCUT2D eigenvalue weighted by Crippen LogP contribution is 2.25. The second-order valence-corrected chi connectivity index (χ2v) is 4.67. The first-order chi connectivity index (χ1) is 9.54. The molecule has 0 saturated carbocycles. The molecule has 1 saturated heterocycles. The van der Waals surface area contributed by atoms with Gasteiger partial charge >= 0.3 is 0 Å². The summed E-state index contributed by atoms with van der Waals surface area (Å²) < 4.78 is 5.25. The molecule has 0 aromatic heterocycles. The van der Waals surface area contributed by atoms with Gasteiger partial charge in [-0.25, -0.2) is 0 Å². The summed E-state index contributed by atoms with van der Waals surface area (Å²) in [4.78, 5) is 24.5. The predicted octanol–water partition coefficient (Wildman–Crippen LogP) is 1.50. The van der Waals surface area contributed by atoms with Crippen molar-refractivity contribution >= 4 is 17.3 Å². The molecule has 0 bridgehead atoms. The number of nitrogens with zero attached hydrogens (tertiary/aromatic N) is 2.